The molecule has 2 aromatic carbocycles. The smallest absolute Gasteiger partial charge is 0.0154 e. The number of hydrogen-bond donors (Lipinski definition) is 1. The molecule has 0 amide bonds. The molecule has 0 N–H and O–H groups in total. The summed E-state index contributed by atoms with van der Waals surface area (Å²) in [6.07, 6.45) is 1.09. The lowest BCUT2D eigenvalue weighted by Gasteiger charge is -2.26. The van der Waals surface area contributed by atoms with Crippen molar-refractivity contribution in [1.82, 2.24) is 0 Å². The van der Waals surface area contributed by atoms with Gasteiger partial charge >= 0.3 is 0 Å². The average molecular weight is 270 g/mol. The Bertz CT molecular complexity index is 471. The molecule has 0 fully saturated rings. The second-order valence-electron chi connectivity index (χ2n) is 5.53. The van der Waals surface area contributed by atoms with Crippen LogP contribution >= 0.6 is 12.6 Å². The average Bonchev–Trinajstić information content (AvgIpc) is 2.47. The van der Waals surface area contributed by atoms with E-state index in [9.17, 15) is 0 Å². The molecule has 0 radical (unpaired) electrons. The molecule has 0 heterocycles. The molecule has 1 heteroatoms. The molecule has 0 aliphatic carbocycles. The fourth-order valence-electron chi connectivity index (χ4n) is 2.35. The van der Waals surface area contributed by atoms with Gasteiger partial charge in [-0.3, -0.25) is 0 Å². The van der Waals surface area contributed by atoms with E-state index < -0.39 is 0 Å². The lowest BCUT2D eigenvalue weighted by Crippen LogP contribution is -2.18. The fourth-order valence-corrected chi connectivity index (χ4v) is 2.56. The van der Waals surface area contributed by atoms with E-state index in [2.05, 4.69) is 81.9 Å². The Kier molecular flexibility index (Phi) is 4.36. The van der Waals surface area contributed by atoms with Crippen molar-refractivity contribution in [2.45, 2.75) is 38.4 Å². The van der Waals surface area contributed by atoms with Crippen molar-refractivity contribution in [2.75, 3.05) is 0 Å². The summed E-state index contributed by atoms with van der Waals surface area (Å²) in [5.41, 5.74) is 5.42. The summed E-state index contributed by atoms with van der Waals surface area (Å²) < 4.78 is 0. The molecular weight excluding hydrogens is 248 g/mol. The number of thiol groups is 1. The van der Waals surface area contributed by atoms with Gasteiger partial charge in [-0.1, -0.05) is 69.3 Å². The van der Waals surface area contributed by atoms with E-state index in [0.717, 1.165) is 12.2 Å². The van der Waals surface area contributed by atoms with E-state index in [-0.39, 0.29) is 5.41 Å². The largest absolute Gasteiger partial charge is 0.175 e. The summed E-state index contributed by atoms with van der Waals surface area (Å²) in [7, 11) is 0. The van der Waals surface area contributed by atoms with Crippen molar-refractivity contribution >= 4 is 12.6 Å². The van der Waals surface area contributed by atoms with E-state index >= 15 is 0 Å². The van der Waals surface area contributed by atoms with Gasteiger partial charge in [-0.15, -0.1) is 0 Å². The normalized spacial score (nSPS) is 11.6. The Morgan fingerprint density at radius 3 is 1.58 bits per heavy atom. The molecule has 0 nitrogen and oxygen atoms in total. The van der Waals surface area contributed by atoms with Crippen molar-refractivity contribution in [3.63, 3.8) is 0 Å². The fraction of sp³-hybridized carbons (Fsp3) is 0.333. The van der Waals surface area contributed by atoms with E-state index in [4.69, 9.17) is 0 Å². The highest BCUT2D eigenvalue weighted by Gasteiger charge is 2.22. The second-order valence-corrected chi connectivity index (χ2v) is 5.85. The summed E-state index contributed by atoms with van der Waals surface area (Å²) in [5, 5.41) is 0. The van der Waals surface area contributed by atoms with Gasteiger partial charge in [-0.2, -0.15) is 12.6 Å². The molecule has 0 aliphatic rings. The molecule has 0 atom stereocenters. The van der Waals surface area contributed by atoms with Gasteiger partial charge in [0.1, 0.15) is 0 Å². The second kappa shape index (κ2) is 5.83. The van der Waals surface area contributed by atoms with E-state index in [0.29, 0.717) is 0 Å². The number of aryl methyl sites for hydroxylation is 1. The van der Waals surface area contributed by atoms with Crippen LogP contribution in [0.2, 0.25) is 0 Å². The summed E-state index contributed by atoms with van der Waals surface area (Å²) in [6.45, 7) is 6.75. The van der Waals surface area contributed by atoms with Crippen LogP contribution in [0, 0.1) is 0 Å². The van der Waals surface area contributed by atoms with Crippen LogP contribution in [-0.4, -0.2) is 0 Å². The van der Waals surface area contributed by atoms with Crippen molar-refractivity contribution in [3.05, 3.63) is 70.8 Å². The van der Waals surface area contributed by atoms with Gasteiger partial charge in [-0.25, -0.2) is 0 Å². The molecule has 0 aromatic heterocycles. The van der Waals surface area contributed by atoms with Crippen LogP contribution in [0.4, 0.5) is 0 Å². The zero-order chi connectivity index (χ0) is 13.9. The maximum Gasteiger partial charge on any atom is 0.0154 e. The van der Waals surface area contributed by atoms with E-state index in [1.54, 1.807) is 0 Å². The Morgan fingerprint density at radius 2 is 1.21 bits per heavy atom. The first kappa shape index (κ1) is 14.2. The topological polar surface area (TPSA) is 0 Å². The van der Waals surface area contributed by atoms with Crippen LogP contribution in [0.5, 0.6) is 0 Å². The van der Waals surface area contributed by atoms with Gasteiger partial charge in [-0.05, 0) is 28.7 Å². The van der Waals surface area contributed by atoms with Gasteiger partial charge in [0.25, 0.3) is 0 Å². The van der Waals surface area contributed by atoms with Crippen LogP contribution in [-0.2, 0) is 17.6 Å². The van der Waals surface area contributed by atoms with Crippen molar-refractivity contribution < 1.29 is 0 Å². The first-order valence-electron chi connectivity index (χ1n) is 6.87. The monoisotopic (exact) mass is 270 g/mol. The van der Waals surface area contributed by atoms with Crippen LogP contribution < -0.4 is 0 Å². The Labute approximate surface area is 122 Å². The van der Waals surface area contributed by atoms with Crippen LogP contribution in [0.3, 0.4) is 0 Å². The standard InChI is InChI=1S/C18H22S/c1-4-14-5-9-16(10-6-14)18(2,3)17-11-7-15(13-19)8-12-17/h5-12,19H,4,13H2,1-3H3. The van der Waals surface area contributed by atoms with Gasteiger partial charge in [0, 0.05) is 11.2 Å². The highest BCUT2D eigenvalue weighted by Crippen LogP contribution is 2.31. The van der Waals surface area contributed by atoms with Crippen LogP contribution in [0.25, 0.3) is 0 Å². The van der Waals surface area contributed by atoms with Gasteiger partial charge in [0.05, 0.1) is 0 Å². The highest BCUT2D eigenvalue weighted by atomic mass is 32.1. The first-order valence-corrected chi connectivity index (χ1v) is 7.51. The van der Waals surface area contributed by atoms with Crippen molar-refractivity contribution in [2.24, 2.45) is 0 Å². The lowest BCUT2D eigenvalue weighted by molar-refractivity contribution is 0.640. The molecule has 0 saturated carbocycles. The minimum absolute atomic E-state index is 0.0431. The third kappa shape index (κ3) is 3.03. The molecule has 100 valence electrons. The Morgan fingerprint density at radius 1 is 0.789 bits per heavy atom. The van der Waals surface area contributed by atoms with Gasteiger partial charge in [0.15, 0.2) is 0 Å². The van der Waals surface area contributed by atoms with Gasteiger partial charge in [0.2, 0.25) is 0 Å². The maximum absolute atomic E-state index is 4.31. The third-order valence-electron chi connectivity index (χ3n) is 3.94. The molecule has 2 aromatic rings. The molecule has 0 aliphatic heterocycles. The quantitative estimate of drug-likeness (QED) is 0.742. The molecule has 19 heavy (non-hydrogen) atoms. The molecule has 0 unspecified atom stereocenters. The summed E-state index contributed by atoms with van der Waals surface area (Å²) in [4.78, 5) is 0. The summed E-state index contributed by atoms with van der Waals surface area (Å²) in [6, 6.07) is 17.8. The number of hydrogen-bond acceptors (Lipinski definition) is 1. The number of rotatable bonds is 4. The van der Waals surface area contributed by atoms with E-state index in [1.807, 2.05) is 0 Å². The highest BCUT2D eigenvalue weighted by molar-refractivity contribution is 7.79. The predicted molar refractivity (Wildman–Crippen MR) is 87.1 cm³/mol. The summed E-state index contributed by atoms with van der Waals surface area (Å²) in [5.74, 6) is 0.798. The Balaban J connectivity index is 2.33. The van der Waals surface area contributed by atoms with Crippen LogP contribution in [0.1, 0.15) is 43.0 Å². The minimum Gasteiger partial charge on any atom is -0.175 e. The molecule has 0 bridgehead atoms. The number of benzene rings is 2. The molecule has 0 spiro atoms. The predicted octanol–water partition coefficient (Wildman–Crippen LogP) is 5.00. The van der Waals surface area contributed by atoms with Crippen molar-refractivity contribution in [1.29, 1.82) is 0 Å². The zero-order valence-corrected chi connectivity index (χ0v) is 12.9. The first-order chi connectivity index (χ1) is 9.07. The van der Waals surface area contributed by atoms with Gasteiger partial charge < -0.3 is 0 Å². The molecule has 0 saturated heterocycles. The molecular formula is C18H22S. The zero-order valence-electron chi connectivity index (χ0n) is 12.0. The maximum atomic E-state index is 4.31. The molecule has 2 rings (SSSR count). The minimum atomic E-state index is 0.0431. The lowest BCUT2D eigenvalue weighted by atomic mass is 9.78. The van der Waals surface area contributed by atoms with Crippen molar-refractivity contribution in [3.8, 4) is 0 Å². The summed E-state index contributed by atoms with van der Waals surface area (Å²) >= 11 is 4.31. The Hall–Kier alpha value is -1.21. The van der Waals surface area contributed by atoms with Crippen LogP contribution in [0.15, 0.2) is 48.5 Å². The SMILES string of the molecule is CCc1ccc(C(C)(C)c2ccc(CS)cc2)cc1. The third-order valence-corrected chi connectivity index (χ3v) is 4.31. The van der Waals surface area contributed by atoms with E-state index in [1.165, 1.54) is 22.3 Å².